The number of nitrogens with two attached hydrogens (primary N) is 1. The van der Waals surface area contributed by atoms with Crippen LogP contribution in [0.3, 0.4) is 0 Å². The van der Waals surface area contributed by atoms with Gasteiger partial charge in [-0.25, -0.2) is 9.97 Å². The molecular weight excluding hydrogens is 192 g/mol. The number of rotatable bonds is 4. The molecular formula is C9H14N6. The SMILES string of the molecule is Cn1cnc(CCn2cncc2CN)n1. The van der Waals surface area contributed by atoms with Crippen molar-refractivity contribution in [2.75, 3.05) is 0 Å². The molecule has 0 atom stereocenters. The van der Waals surface area contributed by atoms with E-state index in [1.165, 1.54) is 0 Å². The highest BCUT2D eigenvalue weighted by atomic mass is 15.3. The van der Waals surface area contributed by atoms with Gasteiger partial charge in [-0.15, -0.1) is 0 Å². The molecule has 0 bridgehead atoms. The Morgan fingerprint density at radius 3 is 2.93 bits per heavy atom. The molecule has 0 aliphatic carbocycles. The van der Waals surface area contributed by atoms with Crippen LogP contribution in [0.25, 0.3) is 0 Å². The van der Waals surface area contributed by atoms with Crippen molar-refractivity contribution in [2.45, 2.75) is 19.5 Å². The zero-order valence-corrected chi connectivity index (χ0v) is 8.67. The molecule has 15 heavy (non-hydrogen) atoms. The first-order chi connectivity index (χ1) is 7.29. The predicted octanol–water partition coefficient (Wildman–Crippen LogP) is -0.287. The predicted molar refractivity (Wildman–Crippen MR) is 54.8 cm³/mol. The molecule has 0 spiro atoms. The van der Waals surface area contributed by atoms with Gasteiger partial charge in [0.05, 0.1) is 12.0 Å². The van der Waals surface area contributed by atoms with Crippen molar-refractivity contribution in [3.8, 4) is 0 Å². The molecule has 2 rings (SSSR count). The molecule has 2 aromatic rings. The molecule has 0 radical (unpaired) electrons. The van der Waals surface area contributed by atoms with Crippen LogP contribution in [0.4, 0.5) is 0 Å². The lowest BCUT2D eigenvalue weighted by molar-refractivity contribution is 0.634. The maximum atomic E-state index is 5.57. The van der Waals surface area contributed by atoms with E-state index in [0.717, 1.165) is 24.5 Å². The fraction of sp³-hybridized carbons (Fsp3) is 0.444. The molecule has 2 aromatic heterocycles. The summed E-state index contributed by atoms with van der Waals surface area (Å²) in [7, 11) is 1.86. The van der Waals surface area contributed by atoms with Gasteiger partial charge in [0.2, 0.25) is 0 Å². The topological polar surface area (TPSA) is 74.5 Å². The van der Waals surface area contributed by atoms with E-state index >= 15 is 0 Å². The van der Waals surface area contributed by atoms with Crippen LogP contribution in [0.2, 0.25) is 0 Å². The maximum Gasteiger partial charge on any atom is 0.152 e. The normalized spacial score (nSPS) is 10.8. The van der Waals surface area contributed by atoms with Crippen molar-refractivity contribution in [2.24, 2.45) is 12.8 Å². The summed E-state index contributed by atoms with van der Waals surface area (Å²) in [5.41, 5.74) is 6.61. The van der Waals surface area contributed by atoms with Crippen LogP contribution in [0.1, 0.15) is 11.5 Å². The first kappa shape index (κ1) is 9.85. The lowest BCUT2D eigenvalue weighted by atomic mass is 10.4. The number of aryl methyl sites for hydroxylation is 3. The average molecular weight is 206 g/mol. The van der Waals surface area contributed by atoms with Crippen molar-refractivity contribution >= 4 is 0 Å². The highest BCUT2D eigenvalue weighted by molar-refractivity contribution is 4.97. The highest BCUT2D eigenvalue weighted by Gasteiger charge is 2.02. The summed E-state index contributed by atoms with van der Waals surface area (Å²) in [6.45, 7) is 1.33. The van der Waals surface area contributed by atoms with Crippen LogP contribution in [0.5, 0.6) is 0 Å². The average Bonchev–Trinajstić information content (AvgIpc) is 2.83. The summed E-state index contributed by atoms with van der Waals surface area (Å²) >= 11 is 0. The number of aromatic nitrogens is 5. The van der Waals surface area contributed by atoms with Crippen LogP contribution in [-0.2, 0) is 26.6 Å². The van der Waals surface area contributed by atoms with E-state index in [0.29, 0.717) is 6.54 Å². The molecule has 80 valence electrons. The molecule has 2 heterocycles. The summed E-state index contributed by atoms with van der Waals surface area (Å²) in [4.78, 5) is 8.20. The van der Waals surface area contributed by atoms with Crippen LogP contribution >= 0.6 is 0 Å². The van der Waals surface area contributed by atoms with Crippen molar-refractivity contribution in [3.05, 3.63) is 30.4 Å². The summed E-state index contributed by atoms with van der Waals surface area (Å²) in [6.07, 6.45) is 6.06. The molecule has 0 aliphatic rings. The monoisotopic (exact) mass is 206 g/mol. The minimum Gasteiger partial charge on any atom is -0.333 e. The van der Waals surface area contributed by atoms with Gasteiger partial charge in [0.1, 0.15) is 6.33 Å². The van der Waals surface area contributed by atoms with Gasteiger partial charge in [0, 0.05) is 32.8 Å². The lowest BCUT2D eigenvalue weighted by Crippen LogP contribution is -2.08. The molecule has 0 saturated heterocycles. The first-order valence-electron chi connectivity index (χ1n) is 4.83. The van der Waals surface area contributed by atoms with Crippen molar-refractivity contribution in [1.82, 2.24) is 24.3 Å². The van der Waals surface area contributed by atoms with Crippen LogP contribution < -0.4 is 5.73 Å². The third kappa shape index (κ3) is 2.21. The summed E-state index contributed by atoms with van der Waals surface area (Å²) < 4.78 is 3.73. The Hall–Kier alpha value is -1.69. The molecule has 0 amide bonds. The molecule has 0 saturated carbocycles. The Morgan fingerprint density at radius 2 is 2.27 bits per heavy atom. The van der Waals surface area contributed by atoms with E-state index < -0.39 is 0 Å². The van der Waals surface area contributed by atoms with Gasteiger partial charge in [0.15, 0.2) is 5.82 Å². The summed E-state index contributed by atoms with van der Waals surface area (Å²) in [6, 6.07) is 0. The van der Waals surface area contributed by atoms with E-state index in [4.69, 9.17) is 5.73 Å². The van der Waals surface area contributed by atoms with Gasteiger partial charge >= 0.3 is 0 Å². The number of hydrogen-bond donors (Lipinski definition) is 1. The Labute approximate surface area is 87.8 Å². The summed E-state index contributed by atoms with van der Waals surface area (Å²) in [5.74, 6) is 0.842. The number of hydrogen-bond acceptors (Lipinski definition) is 4. The van der Waals surface area contributed by atoms with Crippen molar-refractivity contribution in [1.29, 1.82) is 0 Å². The third-order valence-corrected chi connectivity index (χ3v) is 2.23. The van der Waals surface area contributed by atoms with Gasteiger partial charge in [-0.2, -0.15) is 5.10 Å². The van der Waals surface area contributed by atoms with E-state index in [-0.39, 0.29) is 0 Å². The Balaban J connectivity index is 1.98. The van der Waals surface area contributed by atoms with E-state index in [2.05, 4.69) is 15.1 Å². The van der Waals surface area contributed by atoms with Gasteiger partial charge in [-0.05, 0) is 0 Å². The molecule has 6 heteroatoms. The second-order valence-corrected chi connectivity index (χ2v) is 3.37. The quantitative estimate of drug-likeness (QED) is 0.746. The zero-order chi connectivity index (χ0) is 10.7. The molecule has 0 aliphatic heterocycles. The van der Waals surface area contributed by atoms with Crippen molar-refractivity contribution < 1.29 is 0 Å². The fourth-order valence-electron chi connectivity index (χ4n) is 1.44. The molecule has 0 fully saturated rings. The minimum atomic E-state index is 0.510. The molecule has 0 unspecified atom stereocenters. The van der Waals surface area contributed by atoms with Gasteiger partial charge in [0.25, 0.3) is 0 Å². The van der Waals surface area contributed by atoms with Gasteiger partial charge in [-0.3, -0.25) is 4.68 Å². The maximum absolute atomic E-state index is 5.57. The number of imidazole rings is 1. The second-order valence-electron chi connectivity index (χ2n) is 3.37. The van der Waals surface area contributed by atoms with E-state index in [1.807, 2.05) is 11.6 Å². The largest absolute Gasteiger partial charge is 0.333 e. The van der Waals surface area contributed by atoms with Crippen LogP contribution in [-0.4, -0.2) is 24.3 Å². The molecule has 6 nitrogen and oxygen atoms in total. The van der Waals surface area contributed by atoms with E-state index in [1.54, 1.807) is 23.5 Å². The minimum absolute atomic E-state index is 0.510. The smallest absolute Gasteiger partial charge is 0.152 e. The van der Waals surface area contributed by atoms with E-state index in [9.17, 15) is 0 Å². The van der Waals surface area contributed by atoms with Gasteiger partial charge in [-0.1, -0.05) is 0 Å². The van der Waals surface area contributed by atoms with Crippen LogP contribution in [0, 0.1) is 0 Å². The zero-order valence-electron chi connectivity index (χ0n) is 8.67. The Morgan fingerprint density at radius 1 is 1.40 bits per heavy atom. The van der Waals surface area contributed by atoms with Crippen molar-refractivity contribution in [3.63, 3.8) is 0 Å². The standard InChI is InChI=1S/C9H14N6/c1-14-7-12-9(13-14)2-3-15-6-11-5-8(15)4-10/h5-7H,2-4,10H2,1H3. The molecule has 0 aromatic carbocycles. The summed E-state index contributed by atoms with van der Waals surface area (Å²) in [5, 5.41) is 4.21. The Bertz CT molecular complexity index is 429. The lowest BCUT2D eigenvalue weighted by Gasteiger charge is -2.03. The first-order valence-corrected chi connectivity index (χ1v) is 4.83. The third-order valence-electron chi connectivity index (χ3n) is 2.23. The Kier molecular flexibility index (Phi) is 2.77. The highest BCUT2D eigenvalue weighted by Crippen LogP contribution is 2.00. The number of nitrogens with zero attached hydrogens (tertiary/aromatic N) is 5. The second kappa shape index (κ2) is 4.22. The molecule has 2 N–H and O–H groups in total. The van der Waals surface area contributed by atoms with Gasteiger partial charge < -0.3 is 10.3 Å². The van der Waals surface area contributed by atoms with Crippen LogP contribution in [0.15, 0.2) is 18.9 Å². The fourth-order valence-corrected chi connectivity index (χ4v) is 1.44.